The van der Waals surface area contributed by atoms with Crippen molar-refractivity contribution in [2.45, 2.75) is 45.8 Å². The van der Waals surface area contributed by atoms with Crippen LogP contribution >= 0.6 is 0 Å². The van der Waals surface area contributed by atoms with Gasteiger partial charge in [-0.2, -0.15) is 0 Å². The number of ether oxygens (including phenoxy) is 1. The van der Waals surface area contributed by atoms with E-state index >= 15 is 0 Å². The van der Waals surface area contributed by atoms with E-state index in [1.54, 1.807) is 0 Å². The lowest BCUT2D eigenvalue weighted by atomic mass is 10.1. The topological polar surface area (TPSA) is 108 Å². The number of nitrogens with one attached hydrogen (secondary N) is 2. The normalized spacial score (nSPS) is 18.8. The number of esters is 1. The van der Waals surface area contributed by atoms with Crippen molar-refractivity contribution in [3.63, 3.8) is 0 Å². The molecule has 9 nitrogen and oxygen atoms in total. The Morgan fingerprint density at radius 1 is 1.08 bits per heavy atom. The molecule has 136 valence electrons. The Morgan fingerprint density at radius 2 is 1.71 bits per heavy atom. The van der Waals surface area contributed by atoms with Crippen LogP contribution in [-0.2, 0) is 19.1 Å². The molecule has 0 aromatic rings. The van der Waals surface area contributed by atoms with Crippen LogP contribution in [0.4, 0.5) is 4.79 Å². The highest BCUT2D eigenvalue weighted by atomic mass is 16.5. The summed E-state index contributed by atoms with van der Waals surface area (Å²) < 4.78 is 4.58. The molecule has 4 amide bonds. The van der Waals surface area contributed by atoms with Gasteiger partial charge in [0.05, 0.1) is 13.7 Å². The minimum atomic E-state index is -0.867. The van der Waals surface area contributed by atoms with Crippen molar-refractivity contribution in [3.8, 4) is 0 Å². The summed E-state index contributed by atoms with van der Waals surface area (Å²) in [5, 5.41) is 5.27. The fourth-order valence-electron chi connectivity index (χ4n) is 2.41. The zero-order valence-corrected chi connectivity index (χ0v) is 14.8. The molecule has 1 aliphatic rings. The van der Waals surface area contributed by atoms with Crippen molar-refractivity contribution in [1.82, 2.24) is 20.4 Å². The summed E-state index contributed by atoms with van der Waals surface area (Å²) in [6.07, 6.45) is 0. The van der Waals surface area contributed by atoms with E-state index in [2.05, 4.69) is 15.4 Å². The minimum absolute atomic E-state index is 0.0824. The maximum Gasteiger partial charge on any atom is 0.328 e. The van der Waals surface area contributed by atoms with Gasteiger partial charge < -0.3 is 25.2 Å². The monoisotopic (exact) mass is 342 g/mol. The van der Waals surface area contributed by atoms with Crippen LogP contribution in [0.3, 0.4) is 0 Å². The molecule has 1 saturated heterocycles. The van der Waals surface area contributed by atoms with E-state index in [1.165, 1.54) is 30.8 Å². The average molecular weight is 342 g/mol. The van der Waals surface area contributed by atoms with Gasteiger partial charge in [0.2, 0.25) is 11.8 Å². The number of rotatable bonds is 4. The first-order valence-electron chi connectivity index (χ1n) is 7.88. The molecule has 9 heteroatoms. The molecule has 0 aromatic carbocycles. The Morgan fingerprint density at radius 3 is 2.21 bits per heavy atom. The number of hydrogen-bond acceptors (Lipinski definition) is 5. The largest absolute Gasteiger partial charge is 0.467 e. The van der Waals surface area contributed by atoms with Crippen LogP contribution in [0.5, 0.6) is 0 Å². The lowest BCUT2D eigenvalue weighted by molar-refractivity contribution is -0.146. The Balaban J connectivity index is 2.90. The highest BCUT2D eigenvalue weighted by Crippen LogP contribution is 2.12. The molecule has 0 spiro atoms. The molecule has 1 aliphatic heterocycles. The van der Waals surface area contributed by atoms with E-state index < -0.39 is 24.0 Å². The Kier molecular flexibility index (Phi) is 6.99. The first kappa shape index (κ1) is 19.7. The van der Waals surface area contributed by atoms with Gasteiger partial charge in [-0.25, -0.2) is 9.59 Å². The van der Waals surface area contributed by atoms with Crippen LogP contribution in [0.15, 0.2) is 0 Å². The summed E-state index contributed by atoms with van der Waals surface area (Å²) in [7, 11) is 1.23. The number of urea groups is 1. The first-order chi connectivity index (χ1) is 11.2. The molecule has 0 radical (unpaired) electrons. The fraction of sp³-hybridized carbons (Fsp3) is 0.733. The Labute approximate surface area is 141 Å². The molecule has 0 aromatic heterocycles. The van der Waals surface area contributed by atoms with Gasteiger partial charge in [-0.15, -0.1) is 0 Å². The zero-order valence-electron chi connectivity index (χ0n) is 14.8. The van der Waals surface area contributed by atoms with Crippen LogP contribution in [0.1, 0.15) is 27.7 Å². The minimum Gasteiger partial charge on any atom is -0.467 e. The quantitative estimate of drug-likeness (QED) is 0.658. The third-order valence-corrected chi connectivity index (χ3v) is 3.71. The van der Waals surface area contributed by atoms with Gasteiger partial charge in [0.1, 0.15) is 12.1 Å². The van der Waals surface area contributed by atoms with Gasteiger partial charge >= 0.3 is 12.0 Å². The van der Waals surface area contributed by atoms with Gasteiger partial charge in [0.15, 0.2) is 0 Å². The number of nitrogens with zero attached hydrogens (tertiary/aromatic N) is 2. The second-order valence-electron chi connectivity index (χ2n) is 6.03. The van der Waals surface area contributed by atoms with E-state index in [0.717, 1.165) is 0 Å². The van der Waals surface area contributed by atoms with Crippen molar-refractivity contribution in [1.29, 1.82) is 0 Å². The first-order valence-corrected chi connectivity index (χ1v) is 7.88. The molecular weight excluding hydrogens is 316 g/mol. The van der Waals surface area contributed by atoms with Gasteiger partial charge in [-0.1, -0.05) is 0 Å². The number of amides is 4. The van der Waals surface area contributed by atoms with E-state index in [4.69, 9.17) is 0 Å². The molecule has 2 unspecified atom stereocenters. The summed E-state index contributed by atoms with van der Waals surface area (Å²) in [5.41, 5.74) is 0. The van der Waals surface area contributed by atoms with E-state index in [-0.39, 0.29) is 31.1 Å². The van der Waals surface area contributed by atoms with Gasteiger partial charge in [-0.3, -0.25) is 9.59 Å². The average Bonchev–Trinajstić information content (AvgIpc) is 2.52. The summed E-state index contributed by atoms with van der Waals surface area (Å²) in [6.45, 7) is 7.22. The van der Waals surface area contributed by atoms with Crippen LogP contribution < -0.4 is 10.6 Å². The predicted molar refractivity (Wildman–Crippen MR) is 86.0 cm³/mol. The highest BCUT2D eigenvalue weighted by Gasteiger charge is 2.37. The highest BCUT2D eigenvalue weighted by molar-refractivity contribution is 5.91. The molecule has 0 bridgehead atoms. The number of methoxy groups -OCH3 is 1. The lowest BCUT2D eigenvalue weighted by Gasteiger charge is -2.40. The van der Waals surface area contributed by atoms with Gasteiger partial charge in [-0.05, 0) is 20.8 Å². The van der Waals surface area contributed by atoms with Crippen molar-refractivity contribution >= 4 is 23.8 Å². The maximum absolute atomic E-state index is 12.5. The summed E-state index contributed by atoms with van der Waals surface area (Å²) in [6, 6.07) is -2.17. The van der Waals surface area contributed by atoms with Crippen molar-refractivity contribution in [3.05, 3.63) is 0 Å². The molecule has 1 rings (SSSR count). The molecule has 24 heavy (non-hydrogen) atoms. The van der Waals surface area contributed by atoms with Gasteiger partial charge in [0.25, 0.3) is 0 Å². The van der Waals surface area contributed by atoms with Gasteiger partial charge in [0, 0.05) is 26.1 Å². The number of carbonyl (C=O) groups excluding carboxylic acids is 4. The van der Waals surface area contributed by atoms with Crippen LogP contribution in [0.25, 0.3) is 0 Å². The Hall–Kier alpha value is -2.32. The molecular formula is C15H26N4O5. The number of piperazine rings is 1. The summed E-state index contributed by atoms with van der Waals surface area (Å²) in [4.78, 5) is 50.8. The third kappa shape index (κ3) is 5.10. The van der Waals surface area contributed by atoms with Crippen LogP contribution in [0, 0.1) is 0 Å². The second kappa shape index (κ2) is 8.51. The summed E-state index contributed by atoms with van der Waals surface area (Å²) in [5.74, 6) is -1.25. The predicted octanol–water partition coefficient (Wildman–Crippen LogP) is -0.685. The van der Waals surface area contributed by atoms with Crippen molar-refractivity contribution in [2.75, 3.05) is 26.7 Å². The molecule has 0 aliphatic carbocycles. The van der Waals surface area contributed by atoms with E-state index in [0.29, 0.717) is 6.54 Å². The third-order valence-electron chi connectivity index (χ3n) is 3.71. The smallest absolute Gasteiger partial charge is 0.328 e. The van der Waals surface area contributed by atoms with Crippen molar-refractivity contribution < 1.29 is 23.9 Å². The lowest BCUT2D eigenvalue weighted by Crippen LogP contribution is -2.64. The maximum atomic E-state index is 12.5. The van der Waals surface area contributed by atoms with E-state index in [9.17, 15) is 19.2 Å². The second-order valence-corrected chi connectivity index (χ2v) is 6.03. The molecule has 2 N–H and O–H groups in total. The summed E-state index contributed by atoms with van der Waals surface area (Å²) >= 11 is 0. The number of hydrogen-bond donors (Lipinski definition) is 2. The molecule has 1 fully saturated rings. The fourth-order valence-corrected chi connectivity index (χ4v) is 2.41. The molecule has 2 atom stereocenters. The molecule has 0 saturated carbocycles. The number of carbonyl (C=O) groups is 4. The SMILES string of the molecule is COC(=O)C(C)NC(=O)C1CN(C(C)=O)CCN1C(=O)NC(C)C. The van der Waals surface area contributed by atoms with Crippen LogP contribution in [0.2, 0.25) is 0 Å². The molecule has 1 heterocycles. The zero-order chi connectivity index (χ0) is 18.4. The van der Waals surface area contributed by atoms with Crippen LogP contribution in [-0.4, -0.2) is 78.5 Å². The van der Waals surface area contributed by atoms with Crippen molar-refractivity contribution in [2.24, 2.45) is 0 Å². The standard InChI is InChI=1S/C15H26N4O5/c1-9(2)16-15(23)19-7-6-18(11(4)20)8-12(19)13(21)17-10(3)14(22)24-5/h9-10,12H,6-8H2,1-5H3,(H,16,23)(H,17,21). The Bertz CT molecular complexity index is 508. The van der Waals surface area contributed by atoms with E-state index in [1.807, 2.05) is 13.8 Å².